The minimum Gasteiger partial charge on any atom is -0.364 e. The van der Waals surface area contributed by atoms with Crippen molar-refractivity contribution in [2.75, 3.05) is 19.6 Å². The Bertz CT molecular complexity index is 903. The molecule has 1 aromatic heterocycles. The average Bonchev–Trinajstić information content (AvgIpc) is 2.66. The van der Waals surface area contributed by atoms with Gasteiger partial charge in [-0.3, -0.25) is 29.8 Å². The number of amides is 2. The SMILES string of the molecule is C[C@H]1C[NH+](CCC(=O)NNC(=O)Cn2cnc3ccccc3c2=O)C[C@H](C)O1. The highest BCUT2D eigenvalue weighted by Gasteiger charge is 2.25. The van der Waals surface area contributed by atoms with Crippen LogP contribution < -0.4 is 21.3 Å². The van der Waals surface area contributed by atoms with Gasteiger partial charge in [0.05, 0.1) is 30.2 Å². The van der Waals surface area contributed by atoms with E-state index >= 15 is 0 Å². The number of hydrogen-bond donors (Lipinski definition) is 3. The molecule has 150 valence electrons. The number of morpholine rings is 1. The summed E-state index contributed by atoms with van der Waals surface area (Å²) in [5.41, 5.74) is 5.03. The number of para-hydroxylation sites is 1. The molecule has 9 nitrogen and oxygen atoms in total. The predicted octanol–water partition coefficient (Wildman–Crippen LogP) is -1.37. The molecule has 3 rings (SSSR count). The first-order valence-corrected chi connectivity index (χ1v) is 9.43. The maximum atomic E-state index is 12.4. The Kier molecular flexibility index (Phi) is 6.37. The van der Waals surface area contributed by atoms with E-state index < -0.39 is 5.91 Å². The van der Waals surface area contributed by atoms with Gasteiger partial charge < -0.3 is 9.64 Å². The van der Waals surface area contributed by atoms with Gasteiger partial charge in [-0.25, -0.2) is 4.98 Å². The van der Waals surface area contributed by atoms with Crippen LogP contribution in [0.4, 0.5) is 0 Å². The van der Waals surface area contributed by atoms with Crippen molar-refractivity contribution >= 4 is 22.7 Å². The summed E-state index contributed by atoms with van der Waals surface area (Å²) in [6.07, 6.45) is 1.98. The van der Waals surface area contributed by atoms with Gasteiger partial charge in [0.2, 0.25) is 5.91 Å². The first-order chi connectivity index (χ1) is 13.4. The minimum absolute atomic E-state index is 0.176. The number of aromatic nitrogens is 2. The van der Waals surface area contributed by atoms with Gasteiger partial charge in [-0.2, -0.15) is 0 Å². The van der Waals surface area contributed by atoms with Gasteiger partial charge in [0.15, 0.2) is 0 Å². The molecule has 0 bridgehead atoms. The molecule has 9 heteroatoms. The monoisotopic (exact) mass is 388 g/mol. The van der Waals surface area contributed by atoms with Crippen LogP contribution in [0.5, 0.6) is 0 Å². The maximum absolute atomic E-state index is 12.4. The summed E-state index contributed by atoms with van der Waals surface area (Å²) in [7, 11) is 0. The van der Waals surface area contributed by atoms with E-state index in [-0.39, 0.29) is 30.2 Å². The van der Waals surface area contributed by atoms with E-state index in [1.807, 2.05) is 13.8 Å². The Labute approximate surface area is 162 Å². The van der Waals surface area contributed by atoms with Gasteiger partial charge in [0.1, 0.15) is 31.8 Å². The fourth-order valence-corrected chi connectivity index (χ4v) is 3.50. The van der Waals surface area contributed by atoms with Gasteiger partial charge in [-0.1, -0.05) is 12.1 Å². The van der Waals surface area contributed by atoms with Crippen LogP contribution >= 0.6 is 0 Å². The lowest BCUT2D eigenvalue weighted by atomic mass is 10.2. The smallest absolute Gasteiger partial charge is 0.261 e. The molecule has 2 amide bonds. The quantitative estimate of drug-likeness (QED) is 0.548. The number of carbonyl (C=O) groups is 2. The third-order valence-electron chi connectivity index (χ3n) is 4.71. The number of rotatable bonds is 5. The van der Waals surface area contributed by atoms with E-state index in [4.69, 9.17) is 4.74 Å². The zero-order chi connectivity index (χ0) is 20.1. The Morgan fingerprint density at radius 2 is 1.86 bits per heavy atom. The number of carbonyl (C=O) groups excluding carboxylic acids is 2. The summed E-state index contributed by atoms with van der Waals surface area (Å²) in [6, 6.07) is 6.94. The Balaban J connectivity index is 1.46. The molecule has 3 N–H and O–H groups in total. The molecule has 1 aromatic carbocycles. The lowest BCUT2D eigenvalue weighted by Crippen LogP contribution is -3.15. The Morgan fingerprint density at radius 3 is 2.61 bits per heavy atom. The largest absolute Gasteiger partial charge is 0.364 e. The van der Waals surface area contributed by atoms with E-state index in [1.165, 1.54) is 15.8 Å². The zero-order valence-corrected chi connectivity index (χ0v) is 16.1. The Hall–Kier alpha value is -2.78. The third kappa shape index (κ3) is 5.14. The minimum atomic E-state index is -0.492. The molecule has 2 aromatic rings. The second kappa shape index (κ2) is 8.94. The van der Waals surface area contributed by atoms with Gasteiger partial charge in [0, 0.05) is 0 Å². The summed E-state index contributed by atoms with van der Waals surface area (Å²) in [4.78, 5) is 41.9. The van der Waals surface area contributed by atoms with Crippen molar-refractivity contribution in [3.63, 3.8) is 0 Å². The molecule has 1 saturated heterocycles. The second-order valence-corrected chi connectivity index (χ2v) is 7.21. The van der Waals surface area contributed by atoms with E-state index in [2.05, 4.69) is 15.8 Å². The lowest BCUT2D eigenvalue weighted by Gasteiger charge is -2.32. The molecule has 1 aliphatic rings. The first-order valence-electron chi connectivity index (χ1n) is 9.43. The summed E-state index contributed by atoms with van der Waals surface area (Å²) in [5, 5.41) is 0.443. The highest BCUT2D eigenvalue weighted by Crippen LogP contribution is 2.04. The van der Waals surface area contributed by atoms with Crippen LogP contribution in [0.3, 0.4) is 0 Å². The standard InChI is InChI=1S/C19H25N5O4/c1-13-9-23(10-14(2)28-13)8-7-17(25)21-22-18(26)11-24-12-20-16-6-4-3-5-15(16)19(24)27/h3-6,12-14H,7-11H2,1-2H3,(H,21,25)(H,22,26)/p+1/t13-,14-/m0/s1. The van der Waals surface area contributed by atoms with Crippen LogP contribution in [0.15, 0.2) is 35.4 Å². The van der Waals surface area contributed by atoms with Crippen molar-refractivity contribution in [1.29, 1.82) is 0 Å². The van der Waals surface area contributed by atoms with Crippen molar-refractivity contribution in [2.45, 2.75) is 39.0 Å². The average molecular weight is 388 g/mol. The van der Waals surface area contributed by atoms with E-state index in [0.29, 0.717) is 23.9 Å². The van der Waals surface area contributed by atoms with Crippen molar-refractivity contribution < 1.29 is 19.2 Å². The molecule has 0 radical (unpaired) electrons. The summed E-state index contributed by atoms with van der Waals surface area (Å²) < 4.78 is 6.90. The van der Waals surface area contributed by atoms with Crippen LogP contribution in [0, 0.1) is 0 Å². The summed E-state index contributed by atoms with van der Waals surface area (Å²) in [5.74, 6) is -0.759. The molecule has 0 unspecified atom stereocenters. The van der Waals surface area contributed by atoms with Crippen molar-refractivity contribution in [2.24, 2.45) is 0 Å². The van der Waals surface area contributed by atoms with E-state index in [9.17, 15) is 14.4 Å². The zero-order valence-electron chi connectivity index (χ0n) is 16.1. The van der Waals surface area contributed by atoms with Crippen LogP contribution in [0.25, 0.3) is 10.9 Å². The van der Waals surface area contributed by atoms with E-state index in [0.717, 1.165) is 13.1 Å². The number of nitrogens with one attached hydrogen (secondary N) is 3. The fourth-order valence-electron chi connectivity index (χ4n) is 3.50. The third-order valence-corrected chi connectivity index (χ3v) is 4.71. The molecule has 1 fully saturated rings. The van der Waals surface area contributed by atoms with Crippen LogP contribution in [-0.2, 0) is 20.9 Å². The number of nitrogens with zero attached hydrogens (tertiary/aromatic N) is 2. The van der Waals surface area contributed by atoms with Crippen LogP contribution in [0.2, 0.25) is 0 Å². The number of ether oxygens (including phenoxy) is 1. The van der Waals surface area contributed by atoms with Gasteiger partial charge >= 0.3 is 0 Å². The first kappa shape index (κ1) is 20.0. The molecular formula is C19H26N5O4+. The predicted molar refractivity (Wildman–Crippen MR) is 102 cm³/mol. The molecule has 0 aliphatic carbocycles. The highest BCUT2D eigenvalue weighted by atomic mass is 16.5. The summed E-state index contributed by atoms with van der Waals surface area (Å²) >= 11 is 0. The Morgan fingerprint density at radius 1 is 1.18 bits per heavy atom. The van der Waals surface area contributed by atoms with Crippen LogP contribution in [0.1, 0.15) is 20.3 Å². The molecule has 1 aliphatic heterocycles. The summed E-state index contributed by atoms with van der Waals surface area (Å²) in [6.45, 7) is 6.23. The van der Waals surface area contributed by atoms with Crippen molar-refractivity contribution in [3.8, 4) is 0 Å². The highest BCUT2D eigenvalue weighted by molar-refractivity contribution is 5.82. The molecule has 2 atom stereocenters. The molecule has 2 heterocycles. The molecule has 28 heavy (non-hydrogen) atoms. The van der Waals surface area contributed by atoms with Crippen molar-refractivity contribution in [3.05, 3.63) is 40.9 Å². The second-order valence-electron chi connectivity index (χ2n) is 7.21. The van der Waals surface area contributed by atoms with Gasteiger partial charge in [-0.15, -0.1) is 0 Å². The fraction of sp³-hybridized carbons (Fsp3) is 0.474. The number of quaternary nitrogens is 1. The lowest BCUT2D eigenvalue weighted by molar-refractivity contribution is -0.914. The van der Waals surface area contributed by atoms with Crippen molar-refractivity contribution in [1.82, 2.24) is 20.4 Å². The topological polar surface area (TPSA) is 107 Å². The number of hydrazine groups is 1. The molecular weight excluding hydrogens is 362 g/mol. The van der Waals surface area contributed by atoms with Gasteiger partial charge in [0.25, 0.3) is 11.5 Å². The van der Waals surface area contributed by atoms with Gasteiger partial charge in [-0.05, 0) is 26.0 Å². The number of benzene rings is 1. The maximum Gasteiger partial charge on any atom is 0.261 e. The number of hydrogen-bond acceptors (Lipinski definition) is 5. The number of fused-ring (bicyclic) bond motifs is 1. The normalized spacial score (nSPS) is 22.0. The molecule has 0 saturated carbocycles. The molecule has 0 spiro atoms. The van der Waals surface area contributed by atoms with E-state index in [1.54, 1.807) is 24.3 Å². The van der Waals surface area contributed by atoms with Crippen LogP contribution in [-0.4, -0.2) is 53.2 Å².